The highest BCUT2D eigenvalue weighted by atomic mass is 16.5. The van der Waals surface area contributed by atoms with Crippen molar-refractivity contribution in [2.24, 2.45) is 11.8 Å². The third kappa shape index (κ3) is 2.38. The van der Waals surface area contributed by atoms with E-state index in [2.05, 4.69) is 12.2 Å². The average molecular weight is 198 g/mol. The van der Waals surface area contributed by atoms with Crippen molar-refractivity contribution in [3.63, 3.8) is 0 Å². The van der Waals surface area contributed by atoms with Crippen molar-refractivity contribution in [2.45, 2.75) is 13.3 Å². The smallest absolute Gasteiger partial charge is 0.317 e. The summed E-state index contributed by atoms with van der Waals surface area (Å²) in [7, 11) is 0. The van der Waals surface area contributed by atoms with E-state index >= 15 is 0 Å². The van der Waals surface area contributed by atoms with E-state index in [0.717, 1.165) is 31.5 Å². The lowest BCUT2D eigenvalue weighted by Crippen LogP contribution is -2.46. The number of ether oxygens (including phenoxy) is 1. The lowest BCUT2D eigenvalue weighted by Gasteiger charge is -2.26. The summed E-state index contributed by atoms with van der Waals surface area (Å²) < 4.78 is 5.18. The Hall–Kier alpha value is -0.770. The lowest BCUT2D eigenvalue weighted by molar-refractivity contribution is 0.0531. The van der Waals surface area contributed by atoms with Crippen LogP contribution < -0.4 is 5.32 Å². The van der Waals surface area contributed by atoms with E-state index in [9.17, 15) is 4.79 Å². The fourth-order valence-corrected chi connectivity index (χ4v) is 1.78. The van der Waals surface area contributed by atoms with E-state index in [1.165, 1.54) is 6.42 Å². The molecule has 2 rings (SSSR count). The molecule has 0 radical (unpaired) electrons. The molecule has 2 fully saturated rings. The first-order chi connectivity index (χ1) is 6.77. The first-order valence-electron chi connectivity index (χ1n) is 5.38. The number of morpholine rings is 1. The molecule has 2 aliphatic rings. The Kier molecular flexibility index (Phi) is 2.91. The molecule has 0 aromatic rings. The summed E-state index contributed by atoms with van der Waals surface area (Å²) in [5, 5.41) is 2.98. The van der Waals surface area contributed by atoms with Crippen LogP contribution in [0.25, 0.3) is 0 Å². The lowest BCUT2D eigenvalue weighted by atomic mass is 10.3. The minimum absolute atomic E-state index is 0.0763. The maximum absolute atomic E-state index is 11.6. The summed E-state index contributed by atoms with van der Waals surface area (Å²) in [5.74, 6) is 1.53. The molecule has 1 aliphatic heterocycles. The van der Waals surface area contributed by atoms with Gasteiger partial charge >= 0.3 is 6.03 Å². The molecule has 1 saturated carbocycles. The molecule has 0 bridgehead atoms. The van der Waals surface area contributed by atoms with E-state index in [4.69, 9.17) is 4.74 Å². The molecule has 2 atom stereocenters. The summed E-state index contributed by atoms with van der Waals surface area (Å²) >= 11 is 0. The predicted octanol–water partition coefficient (Wildman–Crippen LogP) is 0.684. The molecule has 0 aromatic carbocycles. The molecule has 0 aromatic heterocycles. The van der Waals surface area contributed by atoms with Gasteiger partial charge in [0.1, 0.15) is 0 Å². The van der Waals surface area contributed by atoms with Crippen LogP contribution in [0.1, 0.15) is 13.3 Å². The molecule has 4 heteroatoms. The highest BCUT2D eigenvalue weighted by molar-refractivity contribution is 5.74. The molecular formula is C10H18N2O2. The second kappa shape index (κ2) is 4.17. The number of carbonyl (C=O) groups excluding carboxylic acids is 1. The largest absolute Gasteiger partial charge is 0.378 e. The van der Waals surface area contributed by atoms with Gasteiger partial charge < -0.3 is 15.0 Å². The number of hydrogen-bond donors (Lipinski definition) is 1. The van der Waals surface area contributed by atoms with E-state index in [1.807, 2.05) is 4.90 Å². The van der Waals surface area contributed by atoms with Crippen molar-refractivity contribution in [1.29, 1.82) is 0 Å². The van der Waals surface area contributed by atoms with Gasteiger partial charge in [-0.05, 0) is 18.3 Å². The molecule has 2 unspecified atom stereocenters. The Labute approximate surface area is 84.6 Å². The molecule has 1 aliphatic carbocycles. The third-order valence-electron chi connectivity index (χ3n) is 3.09. The maximum Gasteiger partial charge on any atom is 0.317 e. The summed E-state index contributed by atoms with van der Waals surface area (Å²) in [6.07, 6.45) is 1.27. The van der Waals surface area contributed by atoms with Crippen LogP contribution in [0, 0.1) is 11.8 Å². The Morgan fingerprint density at radius 1 is 1.50 bits per heavy atom. The van der Waals surface area contributed by atoms with Gasteiger partial charge in [0.05, 0.1) is 13.2 Å². The van der Waals surface area contributed by atoms with Crippen molar-refractivity contribution in [1.82, 2.24) is 10.2 Å². The van der Waals surface area contributed by atoms with Crippen molar-refractivity contribution >= 4 is 6.03 Å². The van der Waals surface area contributed by atoms with E-state index < -0.39 is 0 Å². The summed E-state index contributed by atoms with van der Waals surface area (Å²) in [4.78, 5) is 13.4. The monoisotopic (exact) mass is 198 g/mol. The second-order valence-corrected chi connectivity index (χ2v) is 4.26. The van der Waals surface area contributed by atoms with Gasteiger partial charge in [0.15, 0.2) is 0 Å². The molecule has 80 valence electrons. The number of carbonyl (C=O) groups is 1. The number of nitrogens with zero attached hydrogens (tertiary/aromatic N) is 1. The number of hydrogen-bond acceptors (Lipinski definition) is 2. The van der Waals surface area contributed by atoms with Crippen LogP contribution >= 0.6 is 0 Å². The van der Waals surface area contributed by atoms with Gasteiger partial charge in [0, 0.05) is 19.6 Å². The second-order valence-electron chi connectivity index (χ2n) is 4.26. The average Bonchev–Trinajstić information content (AvgIpc) is 2.92. The summed E-state index contributed by atoms with van der Waals surface area (Å²) in [6, 6.07) is 0.0763. The fourth-order valence-electron chi connectivity index (χ4n) is 1.78. The Morgan fingerprint density at radius 3 is 2.71 bits per heavy atom. The van der Waals surface area contributed by atoms with Gasteiger partial charge in [-0.1, -0.05) is 6.92 Å². The zero-order valence-corrected chi connectivity index (χ0v) is 8.66. The fraction of sp³-hybridized carbons (Fsp3) is 0.900. The minimum Gasteiger partial charge on any atom is -0.378 e. The molecule has 2 amide bonds. The molecule has 4 nitrogen and oxygen atoms in total. The molecule has 1 heterocycles. The topological polar surface area (TPSA) is 41.6 Å². The zero-order valence-electron chi connectivity index (χ0n) is 8.66. The molecule has 0 spiro atoms. The van der Waals surface area contributed by atoms with Crippen LogP contribution in [-0.4, -0.2) is 43.8 Å². The van der Waals surface area contributed by atoms with Gasteiger partial charge in [-0.3, -0.25) is 0 Å². The van der Waals surface area contributed by atoms with Crippen molar-refractivity contribution in [3.8, 4) is 0 Å². The van der Waals surface area contributed by atoms with Crippen LogP contribution in [0.5, 0.6) is 0 Å². The quantitative estimate of drug-likeness (QED) is 0.709. The van der Waals surface area contributed by atoms with E-state index in [1.54, 1.807) is 0 Å². The van der Waals surface area contributed by atoms with Crippen molar-refractivity contribution in [2.75, 3.05) is 32.8 Å². The van der Waals surface area contributed by atoms with Gasteiger partial charge in [0.25, 0.3) is 0 Å². The number of rotatable bonds is 2. The van der Waals surface area contributed by atoms with Crippen molar-refractivity contribution < 1.29 is 9.53 Å². The first-order valence-corrected chi connectivity index (χ1v) is 5.38. The van der Waals surface area contributed by atoms with Crippen LogP contribution in [0.15, 0.2) is 0 Å². The standard InChI is InChI=1S/C10H18N2O2/c1-8-6-9(8)7-11-10(13)12-2-4-14-5-3-12/h8-9H,2-7H2,1H3,(H,11,13). The first kappa shape index (κ1) is 9.77. The van der Waals surface area contributed by atoms with Crippen LogP contribution in [0.4, 0.5) is 4.79 Å². The Balaban J connectivity index is 1.66. The molecular weight excluding hydrogens is 180 g/mol. The van der Waals surface area contributed by atoms with E-state index in [-0.39, 0.29) is 6.03 Å². The maximum atomic E-state index is 11.6. The van der Waals surface area contributed by atoms with Crippen LogP contribution in [0.2, 0.25) is 0 Å². The third-order valence-corrected chi connectivity index (χ3v) is 3.09. The SMILES string of the molecule is CC1CC1CNC(=O)N1CCOCC1. The Morgan fingerprint density at radius 2 is 2.14 bits per heavy atom. The molecule has 1 saturated heterocycles. The summed E-state index contributed by atoms with van der Waals surface area (Å²) in [5.41, 5.74) is 0. The minimum atomic E-state index is 0.0763. The van der Waals surface area contributed by atoms with Gasteiger partial charge in [-0.25, -0.2) is 4.79 Å². The van der Waals surface area contributed by atoms with E-state index in [0.29, 0.717) is 13.2 Å². The summed E-state index contributed by atoms with van der Waals surface area (Å²) in [6.45, 7) is 5.88. The van der Waals surface area contributed by atoms with Gasteiger partial charge in [-0.2, -0.15) is 0 Å². The van der Waals surface area contributed by atoms with Crippen LogP contribution in [-0.2, 0) is 4.74 Å². The number of urea groups is 1. The van der Waals surface area contributed by atoms with Gasteiger partial charge in [0.2, 0.25) is 0 Å². The molecule has 1 N–H and O–H groups in total. The van der Waals surface area contributed by atoms with Gasteiger partial charge in [-0.15, -0.1) is 0 Å². The van der Waals surface area contributed by atoms with Crippen molar-refractivity contribution in [3.05, 3.63) is 0 Å². The highest BCUT2D eigenvalue weighted by Crippen LogP contribution is 2.36. The molecule has 14 heavy (non-hydrogen) atoms. The number of nitrogens with one attached hydrogen (secondary N) is 1. The normalized spacial score (nSPS) is 31.4. The Bertz CT molecular complexity index is 214. The van der Waals surface area contributed by atoms with Crippen LogP contribution in [0.3, 0.4) is 0 Å². The zero-order chi connectivity index (χ0) is 9.97. The highest BCUT2D eigenvalue weighted by Gasteiger charge is 2.32. The predicted molar refractivity (Wildman–Crippen MR) is 53.1 cm³/mol. The number of amides is 2.